The van der Waals surface area contributed by atoms with Gasteiger partial charge in [-0.15, -0.1) is 0 Å². The van der Waals surface area contributed by atoms with Crippen molar-refractivity contribution in [2.45, 2.75) is 31.2 Å². The van der Waals surface area contributed by atoms with Crippen molar-refractivity contribution in [3.63, 3.8) is 0 Å². The highest BCUT2D eigenvalue weighted by Crippen LogP contribution is 2.48. The Bertz CT molecular complexity index is 398. The van der Waals surface area contributed by atoms with Crippen LogP contribution in [-0.2, 0) is 14.3 Å². The fourth-order valence-corrected chi connectivity index (χ4v) is 2.03. The van der Waals surface area contributed by atoms with Crippen LogP contribution in [0.2, 0.25) is 0 Å². The lowest BCUT2D eigenvalue weighted by Gasteiger charge is -2.19. The zero-order chi connectivity index (χ0) is 12.6. The summed E-state index contributed by atoms with van der Waals surface area (Å²) in [6, 6.07) is 0. The molecule has 0 saturated carbocycles. The van der Waals surface area contributed by atoms with Crippen LogP contribution in [0.1, 0.15) is 13.3 Å². The Morgan fingerprint density at radius 1 is 1.71 bits per heavy atom. The predicted octanol–water partition coefficient (Wildman–Crippen LogP) is -0.0734. The maximum absolute atomic E-state index is 11.9. The second-order valence-electron chi connectivity index (χ2n) is 4.40. The Labute approximate surface area is 99.3 Å². The number of epoxide rings is 1. The molecule has 0 bridgehead atoms. The Morgan fingerprint density at radius 3 is 3.00 bits per heavy atom. The van der Waals surface area contributed by atoms with Crippen LogP contribution < -0.4 is 0 Å². The van der Waals surface area contributed by atoms with E-state index in [1.165, 1.54) is 13.2 Å². The molecular formula is C12H16O5. The number of carbonyl (C=O) groups excluding carboxylic acids is 1. The standard InChI is InChI=1S/C12H16O5/c1-7(6-13)3-4-12-9(14)5-8(16-2)10(15)11(12)17-12/h3,5,10-11,13,15H,4,6H2,1-2H3. The van der Waals surface area contributed by atoms with Gasteiger partial charge in [-0.25, -0.2) is 0 Å². The zero-order valence-corrected chi connectivity index (χ0v) is 9.84. The number of aliphatic hydroxyl groups is 2. The van der Waals surface area contributed by atoms with Gasteiger partial charge in [0, 0.05) is 12.5 Å². The van der Waals surface area contributed by atoms with Crippen molar-refractivity contribution < 1.29 is 24.5 Å². The fraction of sp³-hybridized carbons (Fsp3) is 0.583. The van der Waals surface area contributed by atoms with Crippen LogP contribution in [0.3, 0.4) is 0 Å². The van der Waals surface area contributed by atoms with Gasteiger partial charge in [-0.3, -0.25) is 4.79 Å². The van der Waals surface area contributed by atoms with Gasteiger partial charge in [0.05, 0.1) is 13.7 Å². The highest BCUT2D eigenvalue weighted by Gasteiger charge is 2.66. The molecule has 0 radical (unpaired) electrons. The van der Waals surface area contributed by atoms with Crippen molar-refractivity contribution in [1.82, 2.24) is 0 Å². The van der Waals surface area contributed by atoms with Gasteiger partial charge >= 0.3 is 0 Å². The number of hydrogen-bond acceptors (Lipinski definition) is 5. The van der Waals surface area contributed by atoms with Crippen molar-refractivity contribution in [2.75, 3.05) is 13.7 Å². The van der Waals surface area contributed by atoms with E-state index in [1.807, 2.05) is 0 Å². The third-order valence-corrected chi connectivity index (χ3v) is 3.25. The highest BCUT2D eigenvalue weighted by atomic mass is 16.6. The molecule has 3 atom stereocenters. The smallest absolute Gasteiger partial charge is 0.194 e. The number of ether oxygens (including phenoxy) is 2. The summed E-state index contributed by atoms with van der Waals surface area (Å²) >= 11 is 0. The number of fused-ring (bicyclic) bond motifs is 1. The maximum atomic E-state index is 11.9. The van der Waals surface area contributed by atoms with Crippen molar-refractivity contribution in [1.29, 1.82) is 0 Å². The summed E-state index contributed by atoms with van der Waals surface area (Å²) in [5.41, 5.74) is -0.171. The molecule has 1 fully saturated rings. The van der Waals surface area contributed by atoms with E-state index >= 15 is 0 Å². The lowest BCUT2D eigenvalue weighted by molar-refractivity contribution is -0.120. The minimum Gasteiger partial charge on any atom is -0.498 e. The van der Waals surface area contributed by atoms with Gasteiger partial charge in [-0.2, -0.15) is 0 Å². The normalized spacial score (nSPS) is 36.4. The topological polar surface area (TPSA) is 79.3 Å². The summed E-state index contributed by atoms with van der Waals surface area (Å²) in [6.07, 6.45) is 2.00. The van der Waals surface area contributed by atoms with E-state index in [0.717, 1.165) is 5.57 Å². The summed E-state index contributed by atoms with van der Waals surface area (Å²) in [6.45, 7) is 1.73. The Balaban J connectivity index is 2.16. The molecule has 94 valence electrons. The number of rotatable bonds is 4. The first kappa shape index (κ1) is 12.3. The molecule has 5 heteroatoms. The third-order valence-electron chi connectivity index (χ3n) is 3.25. The average molecular weight is 240 g/mol. The first-order valence-corrected chi connectivity index (χ1v) is 5.47. The SMILES string of the molecule is COC1=CC(=O)C2(CC=C(C)CO)OC2C1O. The van der Waals surface area contributed by atoms with E-state index in [9.17, 15) is 9.90 Å². The van der Waals surface area contributed by atoms with Gasteiger partial charge in [0.15, 0.2) is 11.4 Å². The van der Waals surface area contributed by atoms with Crippen LogP contribution in [0, 0.1) is 0 Å². The minimum atomic E-state index is -0.947. The predicted molar refractivity (Wildman–Crippen MR) is 59.2 cm³/mol. The molecule has 0 spiro atoms. The molecule has 5 nitrogen and oxygen atoms in total. The van der Waals surface area contributed by atoms with Crippen molar-refractivity contribution in [3.8, 4) is 0 Å². The van der Waals surface area contributed by atoms with Crippen LogP contribution in [0.5, 0.6) is 0 Å². The Hall–Kier alpha value is -1.17. The van der Waals surface area contributed by atoms with Gasteiger partial charge in [0.2, 0.25) is 0 Å². The van der Waals surface area contributed by atoms with Crippen molar-refractivity contribution in [3.05, 3.63) is 23.5 Å². The van der Waals surface area contributed by atoms with Crippen LogP contribution in [0.15, 0.2) is 23.5 Å². The summed E-state index contributed by atoms with van der Waals surface area (Å²) in [5.74, 6) is 0.0580. The van der Waals surface area contributed by atoms with E-state index in [0.29, 0.717) is 6.42 Å². The number of methoxy groups -OCH3 is 1. The molecule has 2 N–H and O–H groups in total. The van der Waals surface area contributed by atoms with Crippen LogP contribution >= 0.6 is 0 Å². The van der Waals surface area contributed by atoms with E-state index in [4.69, 9.17) is 14.6 Å². The molecule has 3 unspecified atom stereocenters. The van der Waals surface area contributed by atoms with E-state index in [1.54, 1.807) is 13.0 Å². The molecule has 0 aromatic carbocycles. The molecule has 1 aliphatic heterocycles. The summed E-state index contributed by atoms with van der Waals surface area (Å²) < 4.78 is 10.3. The largest absolute Gasteiger partial charge is 0.498 e. The molecule has 2 rings (SSSR count). The number of hydrogen-bond donors (Lipinski definition) is 2. The average Bonchev–Trinajstić information content (AvgIpc) is 3.07. The lowest BCUT2D eigenvalue weighted by atomic mass is 9.87. The Morgan fingerprint density at radius 2 is 2.41 bits per heavy atom. The second kappa shape index (κ2) is 4.25. The van der Waals surface area contributed by atoms with Gasteiger partial charge in [-0.1, -0.05) is 11.6 Å². The first-order valence-electron chi connectivity index (χ1n) is 5.47. The molecule has 1 aliphatic carbocycles. The molecular weight excluding hydrogens is 224 g/mol. The highest BCUT2D eigenvalue weighted by molar-refractivity contribution is 6.01. The number of carbonyl (C=O) groups is 1. The van der Waals surface area contributed by atoms with Crippen LogP contribution in [0.25, 0.3) is 0 Å². The van der Waals surface area contributed by atoms with Gasteiger partial charge in [0.1, 0.15) is 18.0 Å². The Kier molecular flexibility index (Phi) is 3.07. The molecule has 0 amide bonds. The molecule has 17 heavy (non-hydrogen) atoms. The molecule has 0 aromatic heterocycles. The first-order chi connectivity index (χ1) is 8.05. The fourth-order valence-electron chi connectivity index (χ4n) is 2.03. The molecule has 1 heterocycles. The van der Waals surface area contributed by atoms with Crippen LogP contribution in [-0.4, -0.2) is 47.5 Å². The lowest BCUT2D eigenvalue weighted by Crippen LogP contribution is -2.37. The van der Waals surface area contributed by atoms with Crippen LogP contribution in [0.4, 0.5) is 0 Å². The van der Waals surface area contributed by atoms with Gasteiger partial charge in [-0.05, 0) is 6.92 Å². The third kappa shape index (κ3) is 1.90. The molecule has 1 saturated heterocycles. The summed E-state index contributed by atoms with van der Waals surface area (Å²) in [7, 11) is 1.41. The molecule has 0 aromatic rings. The quantitative estimate of drug-likeness (QED) is 0.531. The second-order valence-corrected chi connectivity index (χ2v) is 4.40. The number of aliphatic hydroxyl groups excluding tert-OH is 2. The maximum Gasteiger partial charge on any atom is 0.194 e. The molecule has 2 aliphatic rings. The summed E-state index contributed by atoms with van der Waals surface area (Å²) in [4.78, 5) is 11.9. The van der Waals surface area contributed by atoms with Gasteiger partial charge in [0.25, 0.3) is 0 Å². The van der Waals surface area contributed by atoms with Gasteiger partial charge < -0.3 is 19.7 Å². The van der Waals surface area contributed by atoms with Crippen molar-refractivity contribution in [2.24, 2.45) is 0 Å². The number of ketones is 1. The van der Waals surface area contributed by atoms with E-state index in [-0.39, 0.29) is 18.1 Å². The summed E-state index contributed by atoms with van der Waals surface area (Å²) in [5, 5.41) is 18.7. The zero-order valence-electron chi connectivity index (χ0n) is 9.84. The van der Waals surface area contributed by atoms with E-state index in [2.05, 4.69) is 0 Å². The monoisotopic (exact) mass is 240 g/mol. The minimum absolute atomic E-state index is 0.0450. The van der Waals surface area contributed by atoms with Crippen molar-refractivity contribution >= 4 is 5.78 Å². The van der Waals surface area contributed by atoms with E-state index < -0.39 is 17.8 Å².